The number of amides is 1. The summed E-state index contributed by atoms with van der Waals surface area (Å²) in [5.74, 6) is 1.90. The van der Waals surface area contributed by atoms with Gasteiger partial charge in [-0.25, -0.2) is 0 Å². The number of nitrogens with one attached hydrogen (secondary N) is 1. The van der Waals surface area contributed by atoms with Crippen LogP contribution in [0.25, 0.3) is 11.4 Å². The lowest BCUT2D eigenvalue weighted by Crippen LogP contribution is -2.12. The molecule has 3 rings (SSSR count). The smallest absolute Gasteiger partial charge is 0.227 e. The first-order valence-corrected chi connectivity index (χ1v) is 9.75. The quantitative estimate of drug-likeness (QED) is 0.586. The lowest BCUT2D eigenvalue weighted by Gasteiger charge is -2.08. The summed E-state index contributed by atoms with van der Waals surface area (Å²) in [6.07, 6.45) is 0.701. The summed E-state index contributed by atoms with van der Waals surface area (Å²) < 4.78 is 5.30. The molecule has 0 aliphatic carbocycles. The average Bonchev–Trinajstić information content (AvgIpc) is 3.16. The zero-order valence-corrected chi connectivity index (χ0v) is 16.9. The van der Waals surface area contributed by atoms with E-state index in [1.54, 1.807) is 0 Å². The molecular formula is C23H27N3O2. The summed E-state index contributed by atoms with van der Waals surface area (Å²) >= 11 is 0. The molecule has 0 radical (unpaired) electrons. The number of aromatic nitrogens is 2. The molecule has 5 nitrogen and oxygen atoms in total. The first kappa shape index (κ1) is 19.8. The normalized spacial score (nSPS) is 11.2. The van der Waals surface area contributed by atoms with Gasteiger partial charge in [-0.05, 0) is 35.1 Å². The van der Waals surface area contributed by atoms with Gasteiger partial charge in [0.1, 0.15) is 0 Å². The summed E-state index contributed by atoms with van der Waals surface area (Å²) in [6.45, 7) is 8.60. The lowest BCUT2D eigenvalue weighted by molar-refractivity contribution is -0.116. The van der Waals surface area contributed by atoms with Crippen molar-refractivity contribution in [3.05, 3.63) is 65.5 Å². The Morgan fingerprint density at radius 2 is 1.50 bits per heavy atom. The van der Waals surface area contributed by atoms with Crippen molar-refractivity contribution in [3.63, 3.8) is 0 Å². The van der Waals surface area contributed by atoms with Crippen LogP contribution in [0.15, 0.2) is 53.1 Å². The van der Waals surface area contributed by atoms with Gasteiger partial charge in [0.05, 0.1) is 0 Å². The minimum absolute atomic E-state index is 0.0710. The van der Waals surface area contributed by atoms with Gasteiger partial charge in [0, 0.05) is 24.1 Å². The van der Waals surface area contributed by atoms with E-state index < -0.39 is 0 Å². The van der Waals surface area contributed by atoms with Crippen LogP contribution in [0.1, 0.15) is 63.0 Å². The maximum absolute atomic E-state index is 12.2. The number of nitrogens with zero attached hydrogens (tertiary/aromatic N) is 2. The number of aryl methyl sites for hydroxylation is 1. The van der Waals surface area contributed by atoms with Gasteiger partial charge in [0.25, 0.3) is 0 Å². The number of hydrogen-bond acceptors (Lipinski definition) is 4. The predicted octanol–water partition coefficient (Wildman–Crippen LogP) is 5.55. The fraction of sp³-hybridized carbons (Fsp3) is 0.348. The molecule has 2 aromatic carbocycles. The number of hydrogen-bond donors (Lipinski definition) is 1. The highest BCUT2D eigenvalue weighted by Crippen LogP contribution is 2.21. The van der Waals surface area contributed by atoms with Crippen LogP contribution in [0.5, 0.6) is 0 Å². The number of carbonyl (C=O) groups is 1. The SMILES string of the molecule is CC(C)c1ccc(NC(=O)CCc2nc(-c3ccc(C(C)C)cc3)no2)cc1. The van der Waals surface area contributed by atoms with E-state index in [0.717, 1.165) is 11.3 Å². The summed E-state index contributed by atoms with van der Waals surface area (Å²) in [6, 6.07) is 16.1. The molecule has 3 aromatic rings. The van der Waals surface area contributed by atoms with E-state index in [2.05, 4.69) is 55.3 Å². The molecule has 146 valence electrons. The van der Waals surface area contributed by atoms with E-state index in [-0.39, 0.29) is 5.91 Å². The Balaban J connectivity index is 1.54. The van der Waals surface area contributed by atoms with Crippen LogP contribution >= 0.6 is 0 Å². The van der Waals surface area contributed by atoms with Crippen LogP contribution < -0.4 is 5.32 Å². The molecule has 0 aliphatic rings. The lowest BCUT2D eigenvalue weighted by atomic mass is 10.0. The van der Waals surface area contributed by atoms with Crippen LogP contribution in [-0.4, -0.2) is 16.0 Å². The molecular weight excluding hydrogens is 350 g/mol. The average molecular weight is 377 g/mol. The third-order valence-electron chi connectivity index (χ3n) is 4.73. The Morgan fingerprint density at radius 1 is 0.929 bits per heavy atom. The number of rotatable bonds is 7. The zero-order valence-electron chi connectivity index (χ0n) is 16.9. The Hall–Kier alpha value is -2.95. The fourth-order valence-electron chi connectivity index (χ4n) is 2.89. The molecule has 5 heteroatoms. The highest BCUT2D eigenvalue weighted by molar-refractivity contribution is 5.90. The van der Waals surface area contributed by atoms with E-state index >= 15 is 0 Å². The predicted molar refractivity (Wildman–Crippen MR) is 111 cm³/mol. The second-order valence-electron chi connectivity index (χ2n) is 7.61. The highest BCUT2D eigenvalue weighted by atomic mass is 16.5. The van der Waals surface area contributed by atoms with Gasteiger partial charge in [0.2, 0.25) is 17.6 Å². The largest absolute Gasteiger partial charge is 0.339 e. The molecule has 28 heavy (non-hydrogen) atoms. The molecule has 0 spiro atoms. The van der Waals surface area contributed by atoms with Crippen LogP contribution in [-0.2, 0) is 11.2 Å². The monoisotopic (exact) mass is 377 g/mol. The van der Waals surface area contributed by atoms with Gasteiger partial charge in [-0.1, -0.05) is 69.2 Å². The van der Waals surface area contributed by atoms with E-state index in [4.69, 9.17) is 4.52 Å². The molecule has 0 unspecified atom stereocenters. The van der Waals surface area contributed by atoms with Crippen LogP contribution in [0.2, 0.25) is 0 Å². The molecule has 1 N–H and O–H groups in total. The van der Waals surface area contributed by atoms with E-state index in [9.17, 15) is 4.79 Å². The summed E-state index contributed by atoms with van der Waals surface area (Å²) in [5, 5.41) is 6.94. The molecule has 0 atom stereocenters. The van der Waals surface area contributed by atoms with Crippen molar-refractivity contribution in [3.8, 4) is 11.4 Å². The van der Waals surface area contributed by atoms with Crippen molar-refractivity contribution in [2.75, 3.05) is 5.32 Å². The molecule has 1 amide bonds. The van der Waals surface area contributed by atoms with Gasteiger partial charge < -0.3 is 9.84 Å². The van der Waals surface area contributed by atoms with E-state index in [1.165, 1.54) is 11.1 Å². The molecule has 1 aromatic heterocycles. The summed E-state index contributed by atoms with van der Waals surface area (Å²) in [7, 11) is 0. The minimum atomic E-state index is -0.0710. The van der Waals surface area contributed by atoms with Crippen molar-refractivity contribution in [2.24, 2.45) is 0 Å². The van der Waals surface area contributed by atoms with Gasteiger partial charge in [0.15, 0.2) is 0 Å². The van der Waals surface area contributed by atoms with Gasteiger partial charge in [-0.3, -0.25) is 4.79 Å². The molecule has 0 saturated carbocycles. The molecule has 0 saturated heterocycles. The van der Waals surface area contributed by atoms with Crippen molar-refractivity contribution in [1.82, 2.24) is 10.1 Å². The maximum atomic E-state index is 12.2. The standard InChI is InChI=1S/C23H27N3O2/c1-15(2)17-5-7-19(8-6-17)23-25-22(28-26-23)14-13-21(27)24-20-11-9-18(10-12-20)16(3)4/h5-12,15-16H,13-14H2,1-4H3,(H,24,27). The Morgan fingerprint density at radius 3 is 2.07 bits per heavy atom. The molecule has 0 bridgehead atoms. The van der Waals surface area contributed by atoms with Crippen molar-refractivity contribution in [1.29, 1.82) is 0 Å². The van der Waals surface area contributed by atoms with Crippen molar-refractivity contribution < 1.29 is 9.32 Å². The summed E-state index contributed by atoms with van der Waals surface area (Å²) in [4.78, 5) is 16.6. The maximum Gasteiger partial charge on any atom is 0.227 e. The molecule has 1 heterocycles. The zero-order chi connectivity index (χ0) is 20.1. The number of carbonyl (C=O) groups excluding carboxylic acids is 1. The van der Waals surface area contributed by atoms with E-state index in [1.807, 2.05) is 36.4 Å². The molecule has 0 aliphatic heterocycles. The Bertz CT molecular complexity index is 910. The van der Waals surface area contributed by atoms with Gasteiger partial charge in [-0.15, -0.1) is 0 Å². The second-order valence-corrected chi connectivity index (χ2v) is 7.61. The van der Waals surface area contributed by atoms with E-state index in [0.29, 0.717) is 36.4 Å². The number of benzene rings is 2. The van der Waals surface area contributed by atoms with Gasteiger partial charge in [-0.2, -0.15) is 4.98 Å². The van der Waals surface area contributed by atoms with Gasteiger partial charge >= 0.3 is 0 Å². The first-order chi connectivity index (χ1) is 13.4. The second kappa shape index (κ2) is 8.83. The first-order valence-electron chi connectivity index (χ1n) is 9.75. The minimum Gasteiger partial charge on any atom is -0.339 e. The van der Waals surface area contributed by atoms with Crippen LogP contribution in [0.3, 0.4) is 0 Å². The summed E-state index contributed by atoms with van der Waals surface area (Å²) in [5.41, 5.74) is 4.23. The highest BCUT2D eigenvalue weighted by Gasteiger charge is 2.11. The fourth-order valence-corrected chi connectivity index (χ4v) is 2.89. The topological polar surface area (TPSA) is 68.0 Å². The Labute approximate surface area is 166 Å². The Kier molecular flexibility index (Phi) is 6.24. The number of anilines is 1. The van der Waals surface area contributed by atoms with Crippen molar-refractivity contribution in [2.45, 2.75) is 52.4 Å². The molecule has 0 fully saturated rings. The van der Waals surface area contributed by atoms with Crippen LogP contribution in [0.4, 0.5) is 5.69 Å². The third kappa shape index (κ3) is 5.06. The van der Waals surface area contributed by atoms with Crippen LogP contribution in [0, 0.1) is 0 Å². The van der Waals surface area contributed by atoms with Crippen molar-refractivity contribution >= 4 is 11.6 Å². The third-order valence-corrected chi connectivity index (χ3v) is 4.73.